The number of hydrogen-bond donors (Lipinski definition) is 1. The molecule has 0 saturated carbocycles. The molecule has 1 N–H and O–H groups in total. The predicted octanol–water partition coefficient (Wildman–Crippen LogP) is 3.30. The SMILES string of the molecule is CCCn1cncc1CNc1ccccc1OCC. The van der Waals surface area contributed by atoms with Gasteiger partial charge in [0.2, 0.25) is 0 Å². The van der Waals surface area contributed by atoms with E-state index >= 15 is 0 Å². The maximum absolute atomic E-state index is 5.60. The summed E-state index contributed by atoms with van der Waals surface area (Å²) in [5.74, 6) is 0.895. The molecule has 0 unspecified atom stereocenters. The van der Waals surface area contributed by atoms with Crippen molar-refractivity contribution in [3.8, 4) is 5.75 Å². The highest BCUT2D eigenvalue weighted by Crippen LogP contribution is 2.24. The van der Waals surface area contributed by atoms with E-state index < -0.39 is 0 Å². The lowest BCUT2D eigenvalue weighted by Crippen LogP contribution is -2.08. The van der Waals surface area contributed by atoms with Crippen LogP contribution in [-0.2, 0) is 13.1 Å². The van der Waals surface area contributed by atoms with Gasteiger partial charge in [-0.3, -0.25) is 0 Å². The van der Waals surface area contributed by atoms with Crippen molar-refractivity contribution >= 4 is 5.69 Å². The number of hydrogen-bond acceptors (Lipinski definition) is 3. The minimum Gasteiger partial charge on any atom is -0.492 e. The van der Waals surface area contributed by atoms with Gasteiger partial charge >= 0.3 is 0 Å². The zero-order chi connectivity index (χ0) is 13.5. The molecule has 0 atom stereocenters. The van der Waals surface area contributed by atoms with E-state index in [-0.39, 0.29) is 0 Å². The summed E-state index contributed by atoms with van der Waals surface area (Å²) in [5, 5.41) is 3.41. The summed E-state index contributed by atoms with van der Waals surface area (Å²) in [7, 11) is 0. The minimum atomic E-state index is 0.673. The third-order valence-electron chi connectivity index (χ3n) is 2.91. The summed E-state index contributed by atoms with van der Waals surface area (Å²) < 4.78 is 7.78. The number of rotatable bonds is 7. The van der Waals surface area contributed by atoms with Gasteiger partial charge in [-0.05, 0) is 25.5 Å². The van der Waals surface area contributed by atoms with Gasteiger partial charge in [-0.25, -0.2) is 4.98 Å². The molecule has 2 aromatic rings. The number of aryl methyl sites for hydroxylation is 1. The van der Waals surface area contributed by atoms with E-state index in [0.717, 1.165) is 30.9 Å². The molecule has 0 amide bonds. The van der Waals surface area contributed by atoms with Crippen LogP contribution >= 0.6 is 0 Å². The number of nitrogens with zero attached hydrogens (tertiary/aromatic N) is 2. The van der Waals surface area contributed by atoms with Gasteiger partial charge in [0, 0.05) is 12.7 Å². The molecule has 0 aliphatic heterocycles. The zero-order valence-electron chi connectivity index (χ0n) is 11.6. The molecule has 19 heavy (non-hydrogen) atoms. The van der Waals surface area contributed by atoms with Crippen LogP contribution < -0.4 is 10.1 Å². The molecule has 0 bridgehead atoms. The molecule has 1 aromatic carbocycles. The van der Waals surface area contributed by atoms with Crippen LogP contribution in [0.1, 0.15) is 26.0 Å². The first-order valence-electron chi connectivity index (χ1n) is 6.79. The van der Waals surface area contributed by atoms with Gasteiger partial charge in [-0.2, -0.15) is 0 Å². The molecule has 2 rings (SSSR count). The summed E-state index contributed by atoms with van der Waals surface area (Å²) in [5.41, 5.74) is 2.21. The van der Waals surface area contributed by atoms with E-state index in [1.165, 1.54) is 5.69 Å². The van der Waals surface area contributed by atoms with Crippen LogP contribution in [0, 0.1) is 0 Å². The summed E-state index contributed by atoms with van der Waals surface area (Å²) in [6.45, 7) is 6.59. The monoisotopic (exact) mass is 259 g/mol. The Morgan fingerprint density at radius 3 is 2.89 bits per heavy atom. The first-order chi connectivity index (χ1) is 9.35. The second kappa shape index (κ2) is 6.83. The summed E-state index contributed by atoms with van der Waals surface area (Å²) >= 11 is 0. The molecule has 0 aliphatic rings. The Morgan fingerprint density at radius 1 is 1.26 bits per heavy atom. The van der Waals surface area contributed by atoms with Crippen molar-refractivity contribution in [2.24, 2.45) is 0 Å². The fourth-order valence-electron chi connectivity index (χ4n) is 2.02. The molecule has 0 saturated heterocycles. The molecular formula is C15H21N3O. The maximum atomic E-state index is 5.60. The highest BCUT2D eigenvalue weighted by molar-refractivity contribution is 5.56. The highest BCUT2D eigenvalue weighted by Gasteiger charge is 2.04. The Labute approximate surface area is 114 Å². The Hall–Kier alpha value is -1.97. The van der Waals surface area contributed by atoms with Crippen LogP contribution in [-0.4, -0.2) is 16.2 Å². The van der Waals surface area contributed by atoms with Crippen molar-refractivity contribution in [2.75, 3.05) is 11.9 Å². The Bertz CT molecular complexity index is 508. The molecule has 4 nitrogen and oxygen atoms in total. The van der Waals surface area contributed by atoms with Crippen molar-refractivity contribution in [2.45, 2.75) is 33.4 Å². The lowest BCUT2D eigenvalue weighted by atomic mass is 10.3. The number of benzene rings is 1. The standard InChI is InChI=1S/C15H21N3O/c1-3-9-18-12-16-10-13(18)11-17-14-7-5-6-8-15(14)19-4-2/h5-8,10,12,17H,3-4,9,11H2,1-2H3. The van der Waals surface area contributed by atoms with Crippen LogP contribution in [0.4, 0.5) is 5.69 Å². The smallest absolute Gasteiger partial charge is 0.142 e. The van der Waals surface area contributed by atoms with Crippen molar-refractivity contribution < 1.29 is 4.74 Å². The zero-order valence-corrected chi connectivity index (χ0v) is 11.6. The number of ether oxygens (including phenoxy) is 1. The van der Waals surface area contributed by atoms with E-state index in [9.17, 15) is 0 Å². The number of para-hydroxylation sites is 2. The third-order valence-corrected chi connectivity index (χ3v) is 2.91. The van der Waals surface area contributed by atoms with Gasteiger partial charge in [-0.15, -0.1) is 0 Å². The normalized spacial score (nSPS) is 10.4. The van der Waals surface area contributed by atoms with Crippen LogP contribution in [0.15, 0.2) is 36.8 Å². The number of imidazole rings is 1. The first kappa shape index (κ1) is 13.5. The molecule has 1 heterocycles. The maximum Gasteiger partial charge on any atom is 0.142 e. The van der Waals surface area contributed by atoms with Crippen LogP contribution in [0.3, 0.4) is 0 Å². The van der Waals surface area contributed by atoms with E-state index in [1.54, 1.807) is 0 Å². The average molecular weight is 259 g/mol. The van der Waals surface area contributed by atoms with E-state index in [4.69, 9.17) is 4.74 Å². The van der Waals surface area contributed by atoms with Gasteiger partial charge in [0.05, 0.1) is 30.9 Å². The van der Waals surface area contributed by atoms with Gasteiger partial charge in [0.25, 0.3) is 0 Å². The fraction of sp³-hybridized carbons (Fsp3) is 0.400. The van der Waals surface area contributed by atoms with Crippen molar-refractivity contribution in [1.82, 2.24) is 9.55 Å². The molecule has 0 radical (unpaired) electrons. The average Bonchev–Trinajstić information content (AvgIpc) is 2.86. The van der Waals surface area contributed by atoms with Gasteiger partial charge in [0.15, 0.2) is 0 Å². The number of nitrogens with one attached hydrogen (secondary N) is 1. The van der Waals surface area contributed by atoms with E-state index in [1.807, 2.05) is 43.7 Å². The van der Waals surface area contributed by atoms with Crippen molar-refractivity contribution in [3.05, 3.63) is 42.5 Å². The second-order valence-corrected chi connectivity index (χ2v) is 4.36. The van der Waals surface area contributed by atoms with E-state index in [0.29, 0.717) is 6.61 Å². The third kappa shape index (κ3) is 3.50. The van der Waals surface area contributed by atoms with Crippen LogP contribution in [0.25, 0.3) is 0 Å². The number of aromatic nitrogens is 2. The highest BCUT2D eigenvalue weighted by atomic mass is 16.5. The second-order valence-electron chi connectivity index (χ2n) is 4.36. The van der Waals surface area contributed by atoms with E-state index in [2.05, 4.69) is 21.8 Å². The van der Waals surface area contributed by atoms with Crippen molar-refractivity contribution in [1.29, 1.82) is 0 Å². The lowest BCUT2D eigenvalue weighted by Gasteiger charge is -2.13. The predicted molar refractivity (Wildman–Crippen MR) is 77.5 cm³/mol. The van der Waals surface area contributed by atoms with Gasteiger partial charge in [0.1, 0.15) is 5.75 Å². The van der Waals surface area contributed by atoms with Crippen molar-refractivity contribution in [3.63, 3.8) is 0 Å². The molecule has 0 aliphatic carbocycles. The van der Waals surface area contributed by atoms with Gasteiger partial charge in [-0.1, -0.05) is 19.1 Å². The Kier molecular flexibility index (Phi) is 4.84. The Morgan fingerprint density at radius 2 is 2.11 bits per heavy atom. The lowest BCUT2D eigenvalue weighted by molar-refractivity contribution is 0.341. The molecule has 4 heteroatoms. The summed E-state index contributed by atoms with van der Waals surface area (Å²) in [6, 6.07) is 8.01. The topological polar surface area (TPSA) is 39.1 Å². The quantitative estimate of drug-likeness (QED) is 0.829. The Balaban J connectivity index is 2.03. The molecule has 0 spiro atoms. The fourth-order valence-corrected chi connectivity index (χ4v) is 2.02. The number of anilines is 1. The molecule has 0 fully saturated rings. The van der Waals surface area contributed by atoms with Gasteiger partial charge < -0.3 is 14.6 Å². The van der Waals surface area contributed by atoms with Crippen LogP contribution in [0.5, 0.6) is 5.75 Å². The van der Waals surface area contributed by atoms with Crippen LogP contribution in [0.2, 0.25) is 0 Å². The molecule has 102 valence electrons. The first-order valence-corrected chi connectivity index (χ1v) is 6.79. The summed E-state index contributed by atoms with van der Waals surface area (Å²) in [4.78, 5) is 4.20. The summed E-state index contributed by atoms with van der Waals surface area (Å²) in [6.07, 6.45) is 4.90. The largest absolute Gasteiger partial charge is 0.492 e. The minimum absolute atomic E-state index is 0.673. The molecular weight excluding hydrogens is 238 g/mol. The molecule has 1 aromatic heterocycles.